The molecule has 0 aromatic heterocycles. The highest BCUT2D eigenvalue weighted by molar-refractivity contribution is 5.67. The lowest BCUT2D eigenvalue weighted by Gasteiger charge is -2.29. The molecule has 0 saturated heterocycles. The van der Waals surface area contributed by atoms with Gasteiger partial charge in [-0.25, -0.2) is 8.78 Å². The molecule has 1 aliphatic carbocycles. The van der Waals surface area contributed by atoms with Gasteiger partial charge in [0.25, 0.3) is 0 Å². The Labute approximate surface area is 100 Å². The Morgan fingerprint density at radius 2 is 2.06 bits per heavy atom. The molecule has 1 aromatic carbocycles. The van der Waals surface area contributed by atoms with Gasteiger partial charge in [0.05, 0.1) is 11.4 Å². The van der Waals surface area contributed by atoms with E-state index >= 15 is 0 Å². The van der Waals surface area contributed by atoms with Gasteiger partial charge in [0.1, 0.15) is 0 Å². The van der Waals surface area contributed by atoms with Gasteiger partial charge in [-0.2, -0.15) is 0 Å². The van der Waals surface area contributed by atoms with Crippen molar-refractivity contribution in [2.24, 2.45) is 5.41 Å². The van der Waals surface area contributed by atoms with Crippen LogP contribution in [0.25, 0.3) is 0 Å². The second-order valence-corrected chi connectivity index (χ2v) is 5.40. The van der Waals surface area contributed by atoms with E-state index < -0.39 is 11.6 Å². The molecule has 4 heteroatoms. The van der Waals surface area contributed by atoms with Crippen molar-refractivity contribution < 1.29 is 8.78 Å². The molecule has 2 rings (SSSR count). The van der Waals surface area contributed by atoms with Crippen LogP contribution in [-0.2, 0) is 0 Å². The van der Waals surface area contributed by atoms with Crippen molar-refractivity contribution in [3.63, 3.8) is 0 Å². The summed E-state index contributed by atoms with van der Waals surface area (Å²) in [5.41, 5.74) is 6.13. The summed E-state index contributed by atoms with van der Waals surface area (Å²) in [4.78, 5) is 0. The van der Waals surface area contributed by atoms with Crippen LogP contribution in [0.15, 0.2) is 12.1 Å². The molecule has 17 heavy (non-hydrogen) atoms. The summed E-state index contributed by atoms with van der Waals surface area (Å²) in [5.74, 6) is -1.75. The quantitative estimate of drug-likeness (QED) is 0.776. The van der Waals surface area contributed by atoms with Crippen molar-refractivity contribution in [1.82, 2.24) is 0 Å². The van der Waals surface area contributed by atoms with Crippen LogP contribution in [0, 0.1) is 17.0 Å². The Bertz CT molecular complexity index is 430. The number of benzene rings is 1. The average molecular weight is 240 g/mol. The molecular formula is C13H18F2N2. The van der Waals surface area contributed by atoms with Gasteiger partial charge in [-0.3, -0.25) is 0 Å². The number of hydrogen-bond acceptors (Lipinski definition) is 2. The van der Waals surface area contributed by atoms with Gasteiger partial charge in [-0.15, -0.1) is 0 Å². The average Bonchev–Trinajstić information content (AvgIpc) is 2.59. The van der Waals surface area contributed by atoms with Crippen LogP contribution in [0.2, 0.25) is 0 Å². The van der Waals surface area contributed by atoms with E-state index in [4.69, 9.17) is 5.73 Å². The number of anilines is 2. The Kier molecular flexibility index (Phi) is 2.98. The summed E-state index contributed by atoms with van der Waals surface area (Å²) in [6.45, 7) is 4.26. The zero-order chi connectivity index (χ0) is 12.6. The van der Waals surface area contributed by atoms with Gasteiger partial charge >= 0.3 is 0 Å². The Morgan fingerprint density at radius 1 is 1.35 bits per heavy atom. The van der Waals surface area contributed by atoms with E-state index in [2.05, 4.69) is 19.2 Å². The fourth-order valence-corrected chi connectivity index (χ4v) is 2.48. The maximum atomic E-state index is 13.7. The Balaban J connectivity index is 2.27. The fourth-order valence-electron chi connectivity index (χ4n) is 2.48. The SMILES string of the molecule is CC1(C)CCCC1Nc1c(N)ccc(F)c1F. The third kappa shape index (κ3) is 2.21. The lowest BCUT2D eigenvalue weighted by molar-refractivity contribution is 0.349. The monoisotopic (exact) mass is 240 g/mol. The highest BCUT2D eigenvalue weighted by Crippen LogP contribution is 2.40. The number of nitrogens with two attached hydrogens (primary N) is 1. The first-order valence-corrected chi connectivity index (χ1v) is 5.92. The number of nitrogen functional groups attached to an aromatic ring is 1. The lowest BCUT2D eigenvalue weighted by atomic mass is 9.87. The van der Waals surface area contributed by atoms with Crippen LogP contribution in [-0.4, -0.2) is 6.04 Å². The Hall–Kier alpha value is -1.32. The summed E-state index contributed by atoms with van der Waals surface area (Å²) < 4.78 is 26.8. The van der Waals surface area contributed by atoms with Crippen LogP contribution in [0.1, 0.15) is 33.1 Å². The molecule has 0 spiro atoms. The summed E-state index contributed by atoms with van der Waals surface area (Å²) in [7, 11) is 0. The smallest absolute Gasteiger partial charge is 0.183 e. The first-order chi connectivity index (χ1) is 7.92. The molecule has 1 aliphatic rings. The van der Waals surface area contributed by atoms with Crippen LogP contribution < -0.4 is 11.1 Å². The molecule has 94 valence electrons. The summed E-state index contributed by atoms with van der Waals surface area (Å²) >= 11 is 0. The molecule has 0 radical (unpaired) electrons. The standard InChI is InChI=1S/C13H18F2N2/c1-13(2)7-3-4-10(13)17-12-9(16)6-5-8(14)11(12)15/h5-6,10,17H,3-4,7,16H2,1-2H3. The summed E-state index contributed by atoms with van der Waals surface area (Å²) in [5, 5.41) is 3.07. The molecule has 0 bridgehead atoms. The maximum Gasteiger partial charge on any atom is 0.183 e. The van der Waals surface area contributed by atoms with Crippen LogP contribution in [0.3, 0.4) is 0 Å². The normalized spacial score (nSPS) is 22.7. The molecule has 0 heterocycles. The highest BCUT2D eigenvalue weighted by atomic mass is 19.2. The highest BCUT2D eigenvalue weighted by Gasteiger charge is 2.35. The number of halogens is 2. The number of rotatable bonds is 2. The number of nitrogens with one attached hydrogen (secondary N) is 1. The molecule has 0 amide bonds. The predicted molar refractivity (Wildman–Crippen MR) is 65.8 cm³/mol. The van der Waals surface area contributed by atoms with Crippen LogP contribution >= 0.6 is 0 Å². The van der Waals surface area contributed by atoms with E-state index in [0.717, 1.165) is 25.3 Å². The molecule has 1 saturated carbocycles. The third-order valence-electron chi connectivity index (χ3n) is 3.70. The van der Waals surface area contributed by atoms with Gasteiger partial charge in [-0.1, -0.05) is 20.3 Å². The van der Waals surface area contributed by atoms with Crippen molar-refractivity contribution in [2.45, 2.75) is 39.2 Å². The Morgan fingerprint density at radius 3 is 2.65 bits per heavy atom. The van der Waals surface area contributed by atoms with Gasteiger partial charge < -0.3 is 11.1 Å². The van der Waals surface area contributed by atoms with Crippen molar-refractivity contribution >= 4 is 11.4 Å². The third-order valence-corrected chi connectivity index (χ3v) is 3.70. The maximum absolute atomic E-state index is 13.7. The minimum atomic E-state index is -0.882. The molecule has 1 fully saturated rings. The van der Waals surface area contributed by atoms with Crippen molar-refractivity contribution in [3.05, 3.63) is 23.8 Å². The zero-order valence-corrected chi connectivity index (χ0v) is 10.2. The summed E-state index contributed by atoms with van der Waals surface area (Å²) in [6.07, 6.45) is 3.14. The van der Waals surface area contributed by atoms with E-state index in [1.807, 2.05) is 0 Å². The van der Waals surface area contributed by atoms with Gasteiger partial charge in [0.15, 0.2) is 11.6 Å². The van der Waals surface area contributed by atoms with Gasteiger partial charge in [-0.05, 0) is 30.4 Å². The molecule has 3 N–H and O–H groups in total. The van der Waals surface area contributed by atoms with Crippen LogP contribution in [0.4, 0.5) is 20.2 Å². The largest absolute Gasteiger partial charge is 0.397 e. The molecule has 2 nitrogen and oxygen atoms in total. The molecule has 1 aromatic rings. The van der Waals surface area contributed by atoms with Crippen molar-refractivity contribution in [1.29, 1.82) is 0 Å². The van der Waals surface area contributed by atoms with E-state index in [1.54, 1.807) is 0 Å². The van der Waals surface area contributed by atoms with Gasteiger partial charge in [0, 0.05) is 6.04 Å². The van der Waals surface area contributed by atoms with E-state index in [9.17, 15) is 8.78 Å². The fraction of sp³-hybridized carbons (Fsp3) is 0.538. The van der Waals surface area contributed by atoms with E-state index in [0.29, 0.717) is 0 Å². The molecule has 1 atom stereocenters. The van der Waals surface area contributed by atoms with E-state index in [-0.39, 0.29) is 22.8 Å². The molecule has 1 unspecified atom stereocenters. The van der Waals surface area contributed by atoms with E-state index in [1.165, 1.54) is 6.07 Å². The minimum Gasteiger partial charge on any atom is -0.397 e. The topological polar surface area (TPSA) is 38.0 Å². The number of hydrogen-bond donors (Lipinski definition) is 2. The molecular weight excluding hydrogens is 222 g/mol. The second-order valence-electron chi connectivity index (χ2n) is 5.40. The lowest BCUT2D eigenvalue weighted by Crippen LogP contribution is -2.31. The van der Waals surface area contributed by atoms with Crippen molar-refractivity contribution in [2.75, 3.05) is 11.1 Å². The van der Waals surface area contributed by atoms with Gasteiger partial charge in [0.2, 0.25) is 0 Å². The second kappa shape index (κ2) is 4.17. The van der Waals surface area contributed by atoms with Crippen molar-refractivity contribution in [3.8, 4) is 0 Å². The first kappa shape index (κ1) is 12.1. The minimum absolute atomic E-state index is 0.0885. The first-order valence-electron chi connectivity index (χ1n) is 5.92. The summed E-state index contributed by atoms with van der Waals surface area (Å²) in [6, 6.07) is 2.58. The van der Waals surface area contributed by atoms with Crippen LogP contribution in [0.5, 0.6) is 0 Å². The zero-order valence-electron chi connectivity index (χ0n) is 10.2. The predicted octanol–water partition coefficient (Wildman–Crippen LogP) is 3.54. The molecule has 0 aliphatic heterocycles.